The zero-order valence-electron chi connectivity index (χ0n) is 23.2. The van der Waals surface area contributed by atoms with Crippen molar-refractivity contribution in [1.29, 1.82) is 0 Å². The van der Waals surface area contributed by atoms with Gasteiger partial charge in [-0.1, -0.05) is 18.1 Å². The van der Waals surface area contributed by atoms with E-state index in [2.05, 4.69) is 40.0 Å². The lowest BCUT2D eigenvalue weighted by Crippen LogP contribution is -3.00. The van der Waals surface area contributed by atoms with Crippen LogP contribution >= 0.6 is 0 Å². The number of benzene rings is 1. The van der Waals surface area contributed by atoms with Crippen LogP contribution in [0.5, 0.6) is 0 Å². The van der Waals surface area contributed by atoms with Crippen LogP contribution in [0, 0.1) is 11.8 Å². The molecule has 0 bridgehead atoms. The highest BCUT2D eigenvalue weighted by Crippen LogP contribution is 2.22. The van der Waals surface area contributed by atoms with Crippen LogP contribution in [0.2, 0.25) is 0 Å². The van der Waals surface area contributed by atoms with Crippen LogP contribution in [0.15, 0.2) is 24.3 Å². The number of imide groups is 1. The second-order valence-electron chi connectivity index (χ2n) is 11.1. The van der Waals surface area contributed by atoms with E-state index in [0.29, 0.717) is 37.2 Å². The number of hydrogen-bond acceptors (Lipinski definition) is 4. The summed E-state index contributed by atoms with van der Waals surface area (Å²) < 4.78 is 1.74. The van der Waals surface area contributed by atoms with Crippen LogP contribution in [0.4, 0.5) is 0 Å². The van der Waals surface area contributed by atoms with Crippen LogP contribution < -0.4 is 34.0 Å². The predicted molar refractivity (Wildman–Crippen MR) is 139 cm³/mol. The van der Waals surface area contributed by atoms with E-state index >= 15 is 0 Å². The Hall–Kier alpha value is -1.77. The molecular weight excluding hydrogens is 616 g/mol. The van der Waals surface area contributed by atoms with Crippen molar-refractivity contribution in [1.82, 2.24) is 9.96 Å². The van der Waals surface area contributed by atoms with Crippen LogP contribution in [0.25, 0.3) is 0 Å². The Morgan fingerprint density at radius 2 is 1.34 bits per heavy atom. The van der Waals surface area contributed by atoms with Gasteiger partial charge in [0.1, 0.15) is 13.1 Å². The molecular formula is C28H42Br2N4O4. The van der Waals surface area contributed by atoms with E-state index in [1.165, 1.54) is 22.8 Å². The third-order valence-corrected chi connectivity index (χ3v) is 7.00. The molecule has 1 saturated heterocycles. The number of carbonyl (C=O) groups excluding carboxylic acids is 3. The fourth-order valence-corrected chi connectivity index (χ4v) is 4.69. The van der Waals surface area contributed by atoms with E-state index in [-0.39, 0.29) is 51.7 Å². The minimum Gasteiger partial charge on any atom is -1.00 e. The van der Waals surface area contributed by atoms with Crippen molar-refractivity contribution in [2.24, 2.45) is 0 Å². The van der Waals surface area contributed by atoms with Gasteiger partial charge in [-0.25, -0.2) is 5.06 Å². The topological polar surface area (TPSA) is 66.9 Å². The highest BCUT2D eigenvalue weighted by atomic mass is 79.9. The third-order valence-electron chi connectivity index (χ3n) is 7.00. The van der Waals surface area contributed by atoms with Crippen molar-refractivity contribution in [2.45, 2.75) is 38.5 Å². The second-order valence-corrected chi connectivity index (χ2v) is 11.1. The van der Waals surface area contributed by atoms with Gasteiger partial charge in [0.25, 0.3) is 11.8 Å². The van der Waals surface area contributed by atoms with E-state index in [1.54, 1.807) is 24.3 Å². The molecule has 10 heteroatoms. The molecule has 2 heterocycles. The number of hydroxylamine groups is 2. The van der Waals surface area contributed by atoms with E-state index in [9.17, 15) is 14.4 Å². The lowest BCUT2D eigenvalue weighted by molar-refractivity contribution is -0.890. The van der Waals surface area contributed by atoms with Crippen molar-refractivity contribution in [2.75, 3.05) is 74.1 Å². The summed E-state index contributed by atoms with van der Waals surface area (Å²) in [5.74, 6) is 5.94. The molecule has 0 aromatic heterocycles. The number of hydrogen-bond donors (Lipinski definition) is 0. The minimum atomic E-state index is -0.163. The van der Waals surface area contributed by atoms with Crippen molar-refractivity contribution >= 4 is 17.7 Å². The van der Waals surface area contributed by atoms with Gasteiger partial charge in [-0.05, 0) is 43.7 Å². The maximum atomic E-state index is 12.5. The molecule has 38 heavy (non-hydrogen) atoms. The van der Waals surface area contributed by atoms with Gasteiger partial charge in [-0.2, -0.15) is 0 Å². The number of fused-ring (bicyclic) bond motifs is 1. The lowest BCUT2D eigenvalue weighted by atomic mass is 10.1. The first kappa shape index (κ1) is 34.3. The van der Waals surface area contributed by atoms with Crippen molar-refractivity contribution in [3.05, 3.63) is 35.4 Å². The summed E-state index contributed by atoms with van der Waals surface area (Å²) in [6.07, 6.45) is 5.98. The number of rotatable bonds is 13. The molecule has 3 rings (SSSR count). The molecule has 1 fully saturated rings. The number of halogens is 2. The molecule has 0 saturated carbocycles. The van der Waals surface area contributed by atoms with Crippen molar-refractivity contribution in [3.63, 3.8) is 0 Å². The summed E-state index contributed by atoms with van der Waals surface area (Å²) in [6.45, 7) is 5.16. The molecule has 2 aliphatic heterocycles. The normalized spacial score (nSPS) is 15.1. The molecule has 1 aromatic carbocycles. The Bertz CT molecular complexity index is 985. The molecule has 212 valence electrons. The van der Waals surface area contributed by atoms with Crippen LogP contribution in [-0.4, -0.2) is 111 Å². The van der Waals surface area contributed by atoms with E-state index in [4.69, 9.17) is 4.84 Å². The number of carbonyl (C=O) groups is 3. The number of quaternary nitrogens is 2. The van der Waals surface area contributed by atoms with E-state index < -0.39 is 0 Å². The lowest BCUT2D eigenvalue weighted by Gasteiger charge is -2.30. The average Bonchev–Trinajstić information content (AvgIpc) is 3.35. The predicted octanol–water partition coefficient (Wildman–Crippen LogP) is -3.44. The maximum Gasteiger partial charge on any atom is 0.261 e. The maximum absolute atomic E-state index is 12.5. The standard InChI is InChI=1S/C28H42N4O4.2BrH/c1-31(2,21-12-9-18-30-26(33)16-23-36-30)19-10-5-6-11-20-32(3,4)22-13-17-29-27(34)24-14-7-8-15-25(24)28(29)35;;/h7-8,14-15H,5-6,10-11,13,16-23H2,1-4H3;2*1H/q+2;;/p-2. The minimum absolute atomic E-state index is 0. The zero-order valence-corrected chi connectivity index (χ0v) is 26.4. The van der Waals surface area contributed by atoms with Gasteiger partial charge in [-0.15, -0.1) is 0 Å². The van der Waals surface area contributed by atoms with E-state index in [0.717, 1.165) is 54.4 Å². The molecule has 1 aromatic rings. The summed E-state index contributed by atoms with van der Waals surface area (Å²) in [5.41, 5.74) is 1.05. The van der Waals surface area contributed by atoms with Crippen molar-refractivity contribution in [3.8, 4) is 11.8 Å². The molecule has 0 atom stereocenters. The van der Waals surface area contributed by atoms with Gasteiger partial charge >= 0.3 is 0 Å². The van der Waals surface area contributed by atoms with Crippen molar-refractivity contribution < 1.29 is 62.2 Å². The highest BCUT2D eigenvalue weighted by molar-refractivity contribution is 6.21. The zero-order chi connectivity index (χ0) is 26.2. The third kappa shape index (κ3) is 10.1. The second kappa shape index (κ2) is 15.7. The summed E-state index contributed by atoms with van der Waals surface area (Å²) in [4.78, 5) is 43.2. The van der Waals surface area contributed by atoms with Crippen LogP contribution in [-0.2, 0) is 9.63 Å². The quantitative estimate of drug-likeness (QED) is 0.0959. The number of unbranched alkanes of at least 4 members (excludes halogenated alkanes) is 3. The SMILES string of the molecule is C[N+](C)(CC#CCN1OCCC1=O)CCCCCC[N+](C)(C)CCCN1C(=O)c2ccccc2C1=O.[Br-].[Br-]. The Morgan fingerprint density at radius 1 is 0.789 bits per heavy atom. The van der Waals surface area contributed by atoms with Gasteiger partial charge in [-0.3, -0.25) is 24.1 Å². The molecule has 0 spiro atoms. The highest BCUT2D eigenvalue weighted by Gasteiger charge is 2.35. The largest absolute Gasteiger partial charge is 1.00 e. The summed E-state index contributed by atoms with van der Waals surface area (Å²) in [5, 5.41) is 1.36. The van der Waals surface area contributed by atoms with Gasteiger partial charge in [0, 0.05) is 13.0 Å². The smallest absolute Gasteiger partial charge is 0.261 e. The summed E-state index contributed by atoms with van der Waals surface area (Å²) in [7, 11) is 8.84. The molecule has 0 N–H and O–H groups in total. The number of amides is 3. The van der Waals surface area contributed by atoms with Crippen LogP contribution in [0.1, 0.15) is 59.2 Å². The van der Waals surface area contributed by atoms with Gasteiger partial charge in [0.05, 0.1) is 72.0 Å². The van der Waals surface area contributed by atoms with Gasteiger partial charge < -0.3 is 42.9 Å². The summed E-state index contributed by atoms with van der Waals surface area (Å²) >= 11 is 0. The number of nitrogens with zero attached hydrogens (tertiary/aromatic N) is 4. The Kier molecular flexibility index (Phi) is 14.2. The Morgan fingerprint density at radius 3 is 1.89 bits per heavy atom. The first-order valence-electron chi connectivity index (χ1n) is 13.1. The molecule has 8 nitrogen and oxygen atoms in total. The van der Waals surface area contributed by atoms with Gasteiger partial charge in [0.15, 0.2) is 0 Å². The van der Waals surface area contributed by atoms with Crippen LogP contribution in [0.3, 0.4) is 0 Å². The van der Waals surface area contributed by atoms with Gasteiger partial charge in [0.2, 0.25) is 5.91 Å². The first-order chi connectivity index (χ1) is 17.1. The fourth-order valence-electron chi connectivity index (χ4n) is 4.69. The molecule has 0 aliphatic carbocycles. The Labute approximate surface area is 248 Å². The molecule has 0 unspecified atom stereocenters. The Balaban J connectivity index is 0.00000361. The van der Waals surface area contributed by atoms with E-state index in [1.807, 2.05) is 0 Å². The first-order valence-corrected chi connectivity index (χ1v) is 13.1. The average molecular weight is 658 g/mol. The summed E-state index contributed by atoms with van der Waals surface area (Å²) in [6, 6.07) is 7.07. The molecule has 0 radical (unpaired) electrons. The monoisotopic (exact) mass is 656 g/mol. The fraction of sp³-hybridized carbons (Fsp3) is 0.607. The molecule has 2 aliphatic rings. The molecule has 3 amide bonds.